The van der Waals surface area contributed by atoms with Gasteiger partial charge in [0.1, 0.15) is 12.1 Å². The number of nitriles is 2. The Morgan fingerprint density at radius 2 is 2.11 bits per heavy atom. The average Bonchev–Trinajstić information content (AvgIpc) is 2.38. The molecule has 0 atom stereocenters. The standard InChI is InChI=1S/C12H7BrN4O2/c13-9-3-1-8(2-4-12(18)19)11(5-9)17-16-10(6-14)7-15/h1-5,17H,(H,18,19). The molecular formula is C12H7BrN4O2. The highest BCUT2D eigenvalue weighted by atomic mass is 79.9. The topological polar surface area (TPSA) is 109 Å². The van der Waals surface area contributed by atoms with E-state index in [4.69, 9.17) is 15.6 Å². The van der Waals surface area contributed by atoms with Crippen LogP contribution in [0.4, 0.5) is 5.69 Å². The molecular weight excluding hydrogens is 312 g/mol. The first-order valence-electron chi connectivity index (χ1n) is 4.91. The van der Waals surface area contributed by atoms with Gasteiger partial charge in [0.2, 0.25) is 5.71 Å². The molecule has 0 aromatic heterocycles. The van der Waals surface area contributed by atoms with Gasteiger partial charge >= 0.3 is 5.97 Å². The van der Waals surface area contributed by atoms with Gasteiger partial charge in [-0.2, -0.15) is 15.6 Å². The van der Waals surface area contributed by atoms with Crippen LogP contribution >= 0.6 is 15.9 Å². The normalized spacial score (nSPS) is 9.42. The van der Waals surface area contributed by atoms with Crippen molar-refractivity contribution in [3.63, 3.8) is 0 Å². The van der Waals surface area contributed by atoms with Gasteiger partial charge in [0.05, 0.1) is 5.69 Å². The predicted octanol–water partition coefficient (Wildman–Crippen LogP) is 2.36. The molecule has 0 saturated carbocycles. The molecule has 6 nitrogen and oxygen atoms in total. The van der Waals surface area contributed by atoms with E-state index in [1.165, 1.54) is 6.08 Å². The summed E-state index contributed by atoms with van der Waals surface area (Å²) in [5.41, 5.74) is 3.25. The van der Waals surface area contributed by atoms with Crippen LogP contribution in [0.25, 0.3) is 6.08 Å². The third-order valence-corrected chi connectivity index (χ3v) is 2.41. The third kappa shape index (κ3) is 4.62. The van der Waals surface area contributed by atoms with Crippen molar-refractivity contribution >= 4 is 39.4 Å². The Morgan fingerprint density at radius 3 is 2.68 bits per heavy atom. The van der Waals surface area contributed by atoms with Gasteiger partial charge in [-0.25, -0.2) is 4.79 Å². The summed E-state index contributed by atoms with van der Waals surface area (Å²) in [4.78, 5) is 10.5. The Labute approximate surface area is 117 Å². The number of hydrogen-bond donors (Lipinski definition) is 2. The molecule has 1 aromatic rings. The van der Waals surface area contributed by atoms with Gasteiger partial charge in [-0.05, 0) is 23.8 Å². The lowest BCUT2D eigenvalue weighted by molar-refractivity contribution is -0.131. The number of carbonyl (C=O) groups is 1. The Hall–Kier alpha value is -2.64. The SMILES string of the molecule is N#CC(C#N)=NNc1cc(Br)ccc1C=CC(=O)O. The highest BCUT2D eigenvalue weighted by Crippen LogP contribution is 2.22. The lowest BCUT2D eigenvalue weighted by Crippen LogP contribution is -1.98. The highest BCUT2D eigenvalue weighted by Gasteiger charge is 2.02. The number of anilines is 1. The zero-order valence-corrected chi connectivity index (χ0v) is 11.0. The van der Waals surface area contributed by atoms with Crippen LogP contribution in [0, 0.1) is 22.7 Å². The number of carboxylic acid groups (broad SMARTS) is 1. The second-order valence-corrected chi connectivity index (χ2v) is 4.11. The van der Waals surface area contributed by atoms with Crippen LogP contribution in [0.5, 0.6) is 0 Å². The number of benzene rings is 1. The summed E-state index contributed by atoms with van der Waals surface area (Å²) >= 11 is 3.26. The first kappa shape index (κ1) is 14.4. The molecule has 19 heavy (non-hydrogen) atoms. The van der Waals surface area contributed by atoms with E-state index in [-0.39, 0.29) is 5.71 Å². The molecule has 0 spiro atoms. The van der Waals surface area contributed by atoms with E-state index in [9.17, 15) is 4.79 Å². The zero-order chi connectivity index (χ0) is 14.3. The van der Waals surface area contributed by atoms with Crippen molar-refractivity contribution in [2.24, 2.45) is 5.10 Å². The number of hydrogen-bond acceptors (Lipinski definition) is 5. The summed E-state index contributed by atoms with van der Waals surface area (Å²) in [6.07, 6.45) is 2.36. The smallest absolute Gasteiger partial charge is 0.328 e. The fourth-order valence-corrected chi connectivity index (χ4v) is 1.48. The van der Waals surface area contributed by atoms with E-state index in [1.807, 2.05) is 0 Å². The third-order valence-electron chi connectivity index (χ3n) is 1.92. The Bertz CT molecular complexity index is 622. The molecule has 0 fully saturated rings. The van der Waals surface area contributed by atoms with Crippen LogP contribution in [0.3, 0.4) is 0 Å². The maximum absolute atomic E-state index is 10.5. The van der Waals surface area contributed by atoms with Crippen molar-refractivity contribution in [2.75, 3.05) is 5.43 Å². The number of halogens is 1. The quantitative estimate of drug-likeness (QED) is 0.503. The predicted molar refractivity (Wildman–Crippen MR) is 73.1 cm³/mol. The molecule has 1 rings (SSSR count). The molecule has 94 valence electrons. The number of carboxylic acids is 1. The van der Waals surface area contributed by atoms with Crippen molar-refractivity contribution in [1.82, 2.24) is 0 Å². The second-order valence-electron chi connectivity index (χ2n) is 3.20. The van der Waals surface area contributed by atoms with Crippen LogP contribution in [0.15, 0.2) is 33.8 Å². The molecule has 0 heterocycles. The number of nitrogens with one attached hydrogen (secondary N) is 1. The van der Waals surface area contributed by atoms with Crippen LogP contribution in [-0.4, -0.2) is 16.8 Å². The molecule has 7 heteroatoms. The maximum atomic E-state index is 10.5. The van der Waals surface area contributed by atoms with E-state index in [1.54, 1.807) is 30.3 Å². The van der Waals surface area contributed by atoms with Gasteiger partial charge in [0, 0.05) is 10.5 Å². The second kappa shape index (κ2) is 6.94. The van der Waals surface area contributed by atoms with E-state index in [2.05, 4.69) is 26.5 Å². The molecule has 1 aromatic carbocycles. The van der Waals surface area contributed by atoms with Crippen molar-refractivity contribution in [1.29, 1.82) is 10.5 Å². The molecule has 0 amide bonds. The number of rotatable bonds is 4. The fourth-order valence-electron chi connectivity index (χ4n) is 1.12. The van der Waals surface area contributed by atoms with E-state index < -0.39 is 5.97 Å². The Kier molecular flexibility index (Phi) is 5.27. The molecule has 2 N–H and O–H groups in total. The Morgan fingerprint density at radius 1 is 1.42 bits per heavy atom. The maximum Gasteiger partial charge on any atom is 0.328 e. The summed E-state index contributed by atoms with van der Waals surface area (Å²) < 4.78 is 0.744. The van der Waals surface area contributed by atoms with Crippen LogP contribution < -0.4 is 5.43 Å². The minimum atomic E-state index is -1.08. The summed E-state index contributed by atoms with van der Waals surface area (Å²) in [6, 6.07) is 8.26. The van der Waals surface area contributed by atoms with Crippen LogP contribution in [0.2, 0.25) is 0 Å². The van der Waals surface area contributed by atoms with Crippen LogP contribution in [-0.2, 0) is 4.79 Å². The first-order chi connectivity index (χ1) is 9.06. The minimum Gasteiger partial charge on any atom is -0.478 e. The minimum absolute atomic E-state index is 0.326. The molecule has 0 unspecified atom stereocenters. The highest BCUT2D eigenvalue weighted by molar-refractivity contribution is 9.10. The lowest BCUT2D eigenvalue weighted by atomic mass is 10.1. The van der Waals surface area contributed by atoms with E-state index in [0.29, 0.717) is 11.3 Å². The number of nitrogens with zero attached hydrogens (tertiary/aromatic N) is 3. The van der Waals surface area contributed by atoms with Crippen molar-refractivity contribution in [3.8, 4) is 12.1 Å². The molecule has 0 bridgehead atoms. The summed E-state index contributed by atoms with van der Waals surface area (Å²) in [5, 5.41) is 29.3. The molecule has 0 aliphatic heterocycles. The van der Waals surface area contributed by atoms with Crippen LogP contribution in [0.1, 0.15) is 5.56 Å². The van der Waals surface area contributed by atoms with Crippen molar-refractivity contribution in [3.05, 3.63) is 34.3 Å². The van der Waals surface area contributed by atoms with Crippen molar-refractivity contribution < 1.29 is 9.90 Å². The summed E-state index contributed by atoms with van der Waals surface area (Å²) in [6.45, 7) is 0. The molecule has 0 saturated heterocycles. The molecule has 0 aliphatic rings. The summed E-state index contributed by atoms with van der Waals surface area (Å²) in [7, 11) is 0. The average molecular weight is 319 g/mol. The largest absolute Gasteiger partial charge is 0.478 e. The molecule has 0 radical (unpaired) electrons. The Balaban J connectivity index is 3.09. The summed E-state index contributed by atoms with van der Waals surface area (Å²) in [5.74, 6) is -1.08. The van der Waals surface area contributed by atoms with Gasteiger partial charge in [-0.1, -0.05) is 22.0 Å². The van der Waals surface area contributed by atoms with Gasteiger partial charge in [-0.15, -0.1) is 0 Å². The lowest BCUT2D eigenvalue weighted by Gasteiger charge is -2.05. The number of hydrazone groups is 1. The fraction of sp³-hybridized carbons (Fsp3) is 0. The number of aliphatic carboxylic acids is 1. The first-order valence-corrected chi connectivity index (χ1v) is 5.70. The zero-order valence-electron chi connectivity index (χ0n) is 9.46. The molecule has 0 aliphatic carbocycles. The van der Waals surface area contributed by atoms with Gasteiger partial charge in [0.25, 0.3) is 0 Å². The van der Waals surface area contributed by atoms with Gasteiger partial charge in [0.15, 0.2) is 0 Å². The van der Waals surface area contributed by atoms with E-state index >= 15 is 0 Å². The van der Waals surface area contributed by atoms with Crippen molar-refractivity contribution in [2.45, 2.75) is 0 Å². The van der Waals surface area contributed by atoms with Gasteiger partial charge in [-0.3, -0.25) is 5.43 Å². The van der Waals surface area contributed by atoms with Gasteiger partial charge < -0.3 is 5.11 Å². The monoisotopic (exact) mass is 318 g/mol. The van der Waals surface area contributed by atoms with E-state index in [0.717, 1.165) is 10.5 Å².